The van der Waals surface area contributed by atoms with Crippen molar-refractivity contribution in [3.05, 3.63) is 29.3 Å². The molecule has 1 saturated carbocycles. The second-order valence-corrected chi connectivity index (χ2v) is 8.82. The highest BCUT2D eigenvalue weighted by atomic mass is 32.2. The average molecular weight is 396 g/mol. The zero-order valence-electron chi connectivity index (χ0n) is 16.3. The zero-order chi connectivity index (χ0) is 19.7. The molecule has 2 unspecified atom stereocenters. The van der Waals surface area contributed by atoms with Crippen molar-refractivity contribution in [3.8, 4) is 0 Å². The Hall–Kier alpha value is -1.63. The minimum atomic E-state index is -0.684. The van der Waals surface area contributed by atoms with Crippen LogP contribution in [-0.4, -0.2) is 40.5 Å². The Bertz CT molecular complexity index is 749. The Kier molecular flexibility index (Phi) is 6.08. The highest BCUT2D eigenvalue weighted by Gasteiger charge is 2.41. The van der Waals surface area contributed by atoms with Gasteiger partial charge in [-0.05, 0) is 32.8 Å². The van der Waals surface area contributed by atoms with Crippen LogP contribution in [0.5, 0.6) is 0 Å². The van der Waals surface area contributed by atoms with Crippen molar-refractivity contribution in [2.24, 2.45) is 4.99 Å². The van der Waals surface area contributed by atoms with Gasteiger partial charge < -0.3 is 4.90 Å². The van der Waals surface area contributed by atoms with Crippen LogP contribution in [-0.2, 0) is 4.79 Å². The van der Waals surface area contributed by atoms with Crippen molar-refractivity contribution in [2.45, 2.75) is 70.3 Å². The van der Waals surface area contributed by atoms with Crippen molar-refractivity contribution >= 4 is 28.5 Å². The first-order valence-electron chi connectivity index (χ1n) is 9.52. The normalized spacial score (nSPS) is 25.3. The lowest BCUT2D eigenvalue weighted by Crippen LogP contribution is -2.51. The SMILES string of the molecule is CC(=O)N(c1cc(F)cc(F)c1C)C1C(C)SC(=NC2CCCCC2)N1C. The first-order chi connectivity index (χ1) is 12.8. The zero-order valence-corrected chi connectivity index (χ0v) is 17.2. The molecular weight excluding hydrogens is 368 g/mol. The number of amides is 1. The number of carbonyl (C=O) groups excluding carboxylic acids is 1. The molecule has 2 fully saturated rings. The predicted molar refractivity (Wildman–Crippen MR) is 107 cm³/mol. The fraction of sp³-hybridized carbons (Fsp3) is 0.600. The summed E-state index contributed by atoms with van der Waals surface area (Å²) in [6.07, 6.45) is 5.54. The third kappa shape index (κ3) is 4.13. The fourth-order valence-corrected chi connectivity index (χ4v) is 5.23. The van der Waals surface area contributed by atoms with E-state index in [2.05, 4.69) is 0 Å². The number of nitrogens with zero attached hydrogens (tertiary/aromatic N) is 3. The van der Waals surface area contributed by atoms with Gasteiger partial charge in [0.2, 0.25) is 5.91 Å². The summed E-state index contributed by atoms with van der Waals surface area (Å²) in [4.78, 5) is 20.9. The lowest BCUT2D eigenvalue weighted by Gasteiger charge is -2.36. The summed E-state index contributed by atoms with van der Waals surface area (Å²) in [5, 5.41) is 0.937. The van der Waals surface area contributed by atoms with Crippen molar-refractivity contribution in [1.29, 1.82) is 0 Å². The Morgan fingerprint density at radius 3 is 2.56 bits per heavy atom. The van der Waals surface area contributed by atoms with Gasteiger partial charge in [0.25, 0.3) is 0 Å². The molecule has 1 aliphatic carbocycles. The van der Waals surface area contributed by atoms with E-state index < -0.39 is 11.6 Å². The summed E-state index contributed by atoms with van der Waals surface area (Å²) in [5.74, 6) is -1.57. The molecule has 7 heteroatoms. The van der Waals surface area contributed by atoms with Crippen LogP contribution in [0.1, 0.15) is 51.5 Å². The van der Waals surface area contributed by atoms with Gasteiger partial charge >= 0.3 is 0 Å². The van der Waals surface area contributed by atoms with Crippen molar-refractivity contribution in [1.82, 2.24) is 4.90 Å². The molecule has 2 aliphatic rings. The summed E-state index contributed by atoms with van der Waals surface area (Å²) in [6, 6.07) is 2.42. The van der Waals surface area contributed by atoms with Crippen LogP contribution in [0.4, 0.5) is 14.5 Å². The second-order valence-electron chi connectivity index (χ2n) is 7.47. The maximum absolute atomic E-state index is 14.1. The van der Waals surface area contributed by atoms with Crippen molar-refractivity contribution in [2.75, 3.05) is 11.9 Å². The largest absolute Gasteiger partial charge is 0.333 e. The van der Waals surface area contributed by atoms with Gasteiger partial charge in [0.1, 0.15) is 17.8 Å². The molecule has 4 nitrogen and oxygen atoms in total. The maximum atomic E-state index is 14.1. The number of hydrogen-bond acceptors (Lipinski definition) is 3. The number of anilines is 1. The molecule has 3 rings (SSSR count). The predicted octanol–water partition coefficient (Wildman–Crippen LogP) is 4.71. The minimum Gasteiger partial charge on any atom is -0.333 e. The molecule has 0 radical (unpaired) electrons. The molecule has 1 saturated heterocycles. The van der Waals surface area contributed by atoms with Gasteiger partial charge in [0, 0.05) is 30.9 Å². The lowest BCUT2D eigenvalue weighted by molar-refractivity contribution is -0.117. The summed E-state index contributed by atoms with van der Waals surface area (Å²) in [5.41, 5.74) is 0.554. The van der Waals surface area contributed by atoms with Crippen molar-refractivity contribution < 1.29 is 13.6 Å². The molecule has 1 heterocycles. The maximum Gasteiger partial charge on any atom is 0.225 e. The molecule has 0 aromatic heterocycles. The van der Waals surface area contributed by atoms with Crippen molar-refractivity contribution in [3.63, 3.8) is 0 Å². The number of benzene rings is 1. The van der Waals surface area contributed by atoms with Gasteiger partial charge in [0.15, 0.2) is 5.17 Å². The monoisotopic (exact) mass is 395 g/mol. The van der Waals surface area contributed by atoms with E-state index in [4.69, 9.17) is 4.99 Å². The van der Waals surface area contributed by atoms with E-state index >= 15 is 0 Å². The van der Waals surface area contributed by atoms with Gasteiger partial charge in [0.05, 0.1) is 11.7 Å². The van der Waals surface area contributed by atoms with E-state index in [-0.39, 0.29) is 28.6 Å². The first-order valence-corrected chi connectivity index (χ1v) is 10.4. The second kappa shape index (κ2) is 8.17. The van der Waals surface area contributed by atoms with Gasteiger partial charge in [-0.25, -0.2) is 8.78 Å². The van der Waals surface area contributed by atoms with E-state index in [0.717, 1.165) is 24.1 Å². The molecule has 1 amide bonds. The number of thioether (sulfide) groups is 1. The van der Waals surface area contributed by atoms with E-state index in [1.807, 2.05) is 18.9 Å². The molecule has 2 atom stereocenters. The van der Waals surface area contributed by atoms with Gasteiger partial charge in [-0.2, -0.15) is 0 Å². The minimum absolute atomic E-state index is 0.0342. The van der Waals surface area contributed by atoms with Gasteiger partial charge in [-0.1, -0.05) is 31.0 Å². The molecule has 148 valence electrons. The molecule has 0 spiro atoms. The first kappa shape index (κ1) is 20.1. The number of rotatable bonds is 3. The molecule has 27 heavy (non-hydrogen) atoms. The lowest BCUT2D eigenvalue weighted by atomic mass is 9.96. The third-order valence-corrected chi connectivity index (χ3v) is 6.64. The number of halogens is 2. The van der Waals surface area contributed by atoms with Gasteiger partial charge in [-0.3, -0.25) is 14.7 Å². The quantitative estimate of drug-likeness (QED) is 0.744. The highest BCUT2D eigenvalue weighted by Crippen LogP contribution is 2.37. The van der Waals surface area contributed by atoms with Crippen LogP contribution in [0.2, 0.25) is 0 Å². The molecule has 1 aliphatic heterocycles. The van der Waals surface area contributed by atoms with E-state index in [1.54, 1.807) is 18.7 Å². The fourth-order valence-electron chi connectivity index (χ4n) is 3.99. The van der Waals surface area contributed by atoms with Crippen LogP contribution in [0.3, 0.4) is 0 Å². The van der Waals surface area contributed by atoms with Crippen LogP contribution in [0.15, 0.2) is 17.1 Å². The molecule has 1 aromatic carbocycles. The molecule has 1 aromatic rings. The van der Waals surface area contributed by atoms with E-state index in [1.165, 1.54) is 37.2 Å². The summed E-state index contributed by atoms with van der Waals surface area (Å²) < 4.78 is 28.0. The molecular formula is C20H27F2N3OS. The number of hydrogen-bond donors (Lipinski definition) is 0. The Balaban J connectivity index is 1.94. The standard InChI is InChI=1S/C20H27F2N3OS/c1-12-17(22)10-15(21)11-18(12)25(14(3)26)19-13(2)27-20(24(19)4)23-16-8-6-5-7-9-16/h10-11,13,16,19H,5-9H2,1-4H3. The highest BCUT2D eigenvalue weighted by molar-refractivity contribution is 8.14. The smallest absolute Gasteiger partial charge is 0.225 e. The van der Waals surface area contributed by atoms with E-state index in [9.17, 15) is 13.6 Å². The Morgan fingerprint density at radius 1 is 1.26 bits per heavy atom. The molecule has 0 N–H and O–H groups in total. The Morgan fingerprint density at radius 2 is 1.93 bits per heavy atom. The van der Waals surface area contributed by atoms with Crippen LogP contribution >= 0.6 is 11.8 Å². The number of carbonyl (C=O) groups is 1. The van der Waals surface area contributed by atoms with Crippen LogP contribution < -0.4 is 4.90 Å². The number of amidine groups is 1. The average Bonchev–Trinajstić information content (AvgIpc) is 2.87. The topological polar surface area (TPSA) is 35.9 Å². The summed E-state index contributed by atoms with van der Waals surface area (Å²) >= 11 is 1.62. The van der Waals surface area contributed by atoms with Crippen LogP contribution in [0, 0.1) is 18.6 Å². The number of aliphatic imine (C=N–C) groups is 1. The molecule has 0 bridgehead atoms. The summed E-state index contributed by atoms with van der Waals surface area (Å²) in [6.45, 7) is 5.03. The van der Waals surface area contributed by atoms with Crippen LogP contribution in [0.25, 0.3) is 0 Å². The van der Waals surface area contributed by atoms with Gasteiger partial charge in [-0.15, -0.1) is 0 Å². The third-order valence-electron chi connectivity index (χ3n) is 5.42. The summed E-state index contributed by atoms with van der Waals surface area (Å²) in [7, 11) is 1.91. The Labute approximate surface area is 164 Å². The van der Waals surface area contributed by atoms with E-state index in [0.29, 0.717) is 6.04 Å².